The normalized spacial score (nSPS) is 18.0. The van der Waals surface area contributed by atoms with Gasteiger partial charge in [-0.05, 0) is 18.9 Å². The van der Waals surface area contributed by atoms with Crippen molar-refractivity contribution in [2.24, 2.45) is 5.92 Å². The number of nitrogens with zero attached hydrogens (tertiary/aromatic N) is 4. The molecule has 2 aromatic rings. The molecule has 3 heterocycles. The van der Waals surface area contributed by atoms with Crippen LogP contribution in [0.25, 0.3) is 5.13 Å². The van der Waals surface area contributed by atoms with Crippen LogP contribution in [0.4, 0.5) is 0 Å². The molecule has 0 spiro atoms. The van der Waals surface area contributed by atoms with Crippen LogP contribution in [0.1, 0.15) is 42.5 Å². The zero-order chi connectivity index (χ0) is 15.5. The Morgan fingerprint density at radius 1 is 1.59 bits per heavy atom. The molecule has 2 aromatic heterocycles. The van der Waals surface area contributed by atoms with Crippen molar-refractivity contribution in [2.45, 2.75) is 26.2 Å². The predicted octanol–water partition coefficient (Wildman–Crippen LogP) is 1.19. The Morgan fingerprint density at radius 3 is 3.18 bits per heavy atom. The van der Waals surface area contributed by atoms with E-state index in [0.29, 0.717) is 24.1 Å². The Hall–Kier alpha value is -1.80. The number of hydrogen-bond acceptors (Lipinski definition) is 6. The molecule has 0 bridgehead atoms. The Labute approximate surface area is 133 Å². The van der Waals surface area contributed by atoms with E-state index in [2.05, 4.69) is 39.7 Å². The molecule has 22 heavy (non-hydrogen) atoms. The van der Waals surface area contributed by atoms with Gasteiger partial charge in [-0.3, -0.25) is 9.36 Å². The van der Waals surface area contributed by atoms with E-state index < -0.39 is 0 Å². The summed E-state index contributed by atoms with van der Waals surface area (Å²) in [7, 11) is 0. The van der Waals surface area contributed by atoms with E-state index in [1.807, 2.05) is 4.57 Å². The van der Waals surface area contributed by atoms with Crippen LogP contribution in [-0.2, 0) is 0 Å². The lowest BCUT2D eigenvalue weighted by atomic mass is 10.1. The minimum Gasteiger partial charge on any atom is -0.350 e. The van der Waals surface area contributed by atoms with Gasteiger partial charge in [-0.25, -0.2) is 4.98 Å². The molecular weight excluding hydrogens is 300 g/mol. The number of thiazole rings is 1. The fraction of sp³-hybridized carbons (Fsp3) is 0.571. The average molecular weight is 320 g/mol. The Morgan fingerprint density at radius 2 is 2.45 bits per heavy atom. The monoisotopic (exact) mass is 320 g/mol. The van der Waals surface area contributed by atoms with Gasteiger partial charge in [0, 0.05) is 24.4 Å². The molecule has 2 N–H and O–H groups in total. The van der Waals surface area contributed by atoms with E-state index in [-0.39, 0.29) is 5.91 Å². The third-order valence-electron chi connectivity index (χ3n) is 3.60. The second kappa shape index (κ2) is 6.53. The standard InChI is InChI=1S/C14H20N6OS/c1-9(2)5-16-13(21)11-7-22-14(18-11)20-8-17-19-12(20)10-3-4-15-6-10/h7-10,15H,3-6H2,1-2H3,(H,16,21). The summed E-state index contributed by atoms with van der Waals surface area (Å²) in [6.07, 6.45) is 2.72. The van der Waals surface area contributed by atoms with Crippen molar-refractivity contribution in [1.29, 1.82) is 0 Å². The maximum Gasteiger partial charge on any atom is 0.270 e. The van der Waals surface area contributed by atoms with Gasteiger partial charge in [0.05, 0.1) is 0 Å². The number of hydrogen-bond donors (Lipinski definition) is 2. The second-order valence-corrected chi connectivity index (χ2v) is 6.70. The minimum absolute atomic E-state index is 0.131. The number of aromatic nitrogens is 4. The van der Waals surface area contributed by atoms with Gasteiger partial charge in [0.25, 0.3) is 5.91 Å². The van der Waals surface area contributed by atoms with Crippen LogP contribution in [0.2, 0.25) is 0 Å². The third-order valence-corrected chi connectivity index (χ3v) is 4.44. The molecule has 1 fully saturated rings. The first-order chi connectivity index (χ1) is 10.6. The minimum atomic E-state index is -0.131. The fourth-order valence-corrected chi connectivity index (χ4v) is 3.19. The Kier molecular flexibility index (Phi) is 4.49. The topological polar surface area (TPSA) is 84.7 Å². The highest BCUT2D eigenvalue weighted by Gasteiger charge is 2.23. The number of nitrogens with one attached hydrogen (secondary N) is 2. The van der Waals surface area contributed by atoms with E-state index in [9.17, 15) is 4.79 Å². The maximum absolute atomic E-state index is 12.1. The van der Waals surface area contributed by atoms with Gasteiger partial charge in [0.15, 0.2) is 5.13 Å². The van der Waals surface area contributed by atoms with Crippen molar-refractivity contribution in [1.82, 2.24) is 30.4 Å². The molecule has 8 heteroatoms. The van der Waals surface area contributed by atoms with Crippen LogP contribution < -0.4 is 10.6 Å². The van der Waals surface area contributed by atoms with Gasteiger partial charge >= 0.3 is 0 Å². The van der Waals surface area contributed by atoms with Crippen LogP contribution in [0.3, 0.4) is 0 Å². The van der Waals surface area contributed by atoms with Gasteiger partial charge < -0.3 is 10.6 Å². The van der Waals surface area contributed by atoms with Crippen molar-refractivity contribution in [3.63, 3.8) is 0 Å². The number of carbonyl (C=O) groups is 1. The second-order valence-electron chi connectivity index (χ2n) is 5.87. The van der Waals surface area contributed by atoms with E-state index in [4.69, 9.17) is 0 Å². The van der Waals surface area contributed by atoms with Crippen molar-refractivity contribution in [2.75, 3.05) is 19.6 Å². The maximum atomic E-state index is 12.1. The summed E-state index contributed by atoms with van der Waals surface area (Å²) < 4.78 is 1.89. The van der Waals surface area contributed by atoms with E-state index in [1.54, 1.807) is 11.7 Å². The van der Waals surface area contributed by atoms with Crippen LogP contribution in [0, 0.1) is 5.92 Å². The van der Waals surface area contributed by atoms with Crippen LogP contribution >= 0.6 is 11.3 Å². The SMILES string of the molecule is CC(C)CNC(=O)c1csc(-n2cnnc2C2CCNC2)n1. The molecule has 118 valence electrons. The van der Waals surface area contributed by atoms with E-state index in [1.165, 1.54) is 11.3 Å². The molecule has 0 aromatic carbocycles. The molecule has 1 aliphatic heterocycles. The number of carbonyl (C=O) groups excluding carboxylic acids is 1. The van der Waals surface area contributed by atoms with Gasteiger partial charge in [0.1, 0.15) is 17.8 Å². The summed E-state index contributed by atoms with van der Waals surface area (Å²) >= 11 is 1.43. The molecular formula is C14H20N6OS. The van der Waals surface area contributed by atoms with Crippen LogP contribution in [-0.4, -0.2) is 45.3 Å². The highest BCUT2D eigenvalue weighted by atomic mass is 32.1. The molecule has 1 atom stereocenters. The lowest BCUT2D eigenvalue weighted by Crippen LogP contribution is -2.27. The molecule has 0 aliphatic carbocycles. The fourth-order valence-electron chi connectivity index (χ4n) is 2.41. The number of rotatable bonds is 5. The van der Waals surface area contributed by atoms with Gasteiger partial charge in [-0.2, -0.15) is 0 Å². The first-order valence-corrected chi connectivity index (χ1v) is 8.38. The highest BCUT2D eigenvalue weighted by Crippen LogP contribution is 2.24. The molecule has 1 amide bonds. The zero-order valence-electron chi connectivity index (χ0n) is 12.7. The molecule has 0 radical (unpaired) electrons. The van der Waals surface area contributed by atoms with Gasteiger partial charge in [-0.15, -0.1) is 21.5 Å². The third kappa shape index (κ3) is 3.17. The summed E-state index contributed by atoms with van der Waals surface area (Å²) in [5, 5.41) is 17.0. The van der Waals surface area contributed by atoms with Gasteiger partial charge in [0.2, 0.25) is 0 Å². The van der Waals surface area contributed by atoms with Crippen molar-refractivity contribution >= 4 is 17.2 Å². The molecule has 0 saturated carbocycles. The van der Waals surface area contributed by atoms with E-state index >= 15 is 0 Å². The van der Waals surface area contributed by atoms with Crippen molar-refractivity contribution in [3.05, 3.63) is 23.2 Å². The highest BCUT2D eigenvalue weighted by molar-refractivity contribution is 7.12. The summed E-state index contributed by atoms with van der Waals surface area (Å²) in [5.74, 6) is 1.55. The van der Waals surface area contributed by atoms with Crippen LogP contribution in [0.15, 0.2) is 11.7 Å². The first-order valence-electron chi connectivity index (χ1n) is 7.50. The largest absolute Gasteiger partial charge is 0.350 e. The Bertz CT molecular complexity index is 643. The lowest BCUT2D eigenvalue weighted by Gasteiger charge is -2.08. The molecule has 1 saturated heterocycles. The molecule has 3 rings (SSSR count). The summed E-state index contributed by atoms with van der Waals surface area (Å²) in [6.45, 7) is 6.68. The molecule has 1 unspecified atom stereocenters. The molecule has 7 nitrogen and oxygen atoms in total. The smallest absolute Gasteiger partial charge is 0.270 e. The first kappa shape index (κ1) is 15.1. The van der Waals surface area contributed by atoms with Crippen molar-refractivity contribution in [3.8, 4) is 5.13 Å². The van der Waals surface area contributed by atoms with E-state index in [0.717, 1.165) is 30.5 Å². The number of amides is 1. The Balaban J connectivity index is 1.76. The summed E-state index contributed by atoms with van der Waals surface area (Å²) in [5.41, 5.74) is 0.449. The average Bonchev–Trinajstić information content (AvgIpc) is 3.22. The van der Waals surface area contributed by atoms with Gasteiger partial charge in [-0.1, -0.05) is 13.8 Å². The van der Waals surface area contributed by atoms with Crippen molar-refractivity contribution < 1.29 is 4.79 Å². The predicted molar refractivity (Wildman–Crippen MR) is 84.4 cm³/mol. The van der Waals surface area contributed by atoms with Crippen LogP contribution in [0.5, 0.6) is 0 Å². The summed E-state index contributed by atoms with van der Waals surface area (Å²) in [4.78, 5) is 16.5. The summed E-state index contributed by atoms with van der Waals surface area (Å²) in [6, 6.07) is 0. The molecule has 1 aliphatic rings. The lowest BCUT2D eigenvalue weighted by molar-refractivity contribution is 0.0944. The quantitative estimate of drug-likeness (QED) is 0.864. The zero-order valence-corrected chi connectivity index (χ0v) is 13.6.